The fraction of sp³-hybridized carbons (Fsp3) is 0.357. The lowest BCUT2D eigenvalue weighted by molar-refractivity contribution is -0.122. The van der Waals surface area contributed by atoms with Crippen molar-refractivity contribution >= 4 is 22.8 Å². The first kappa shape index (κ1) is 14.0. The lowest BCUT2D eigenvalue weighted by atomic mass is 10.3. The number of nitrogens with one attached hydrogen (secondary N) is 2. The number of carbonyl (C=O) groups excluding carboxylic acids is 2. The number of nitrogens with zero attached hydrogens (tertiary/aromatic N) is 2. The Morgan fingerprint density at radius 1 is 1.20 bits per heavy atom. The van der Waals surface area contributed by atoms with Gasteiger partial charge in [0.25, 0.3) is 0 Å². The van der Waals surface area contributed by atoms with Crippen molar-refractivity contribution < 1.29 is 9.59 Å². The zero-order valence-corrected chi connectivity index (χ0v) is 11.6. The SMILES string of the molecule is CC(=O)NCCNC(=O)Cn1c(C)nc2ccccc21. The van der Waals surface area contributed by atoms with Gasteiger partial charge < -0.3 is 15.2 Å². The van der Waals surface area contributed by atoms with E-state index in [4.69, 9.17) is 0 Å². The highest BCUT2D eigenvalue weighted by atomic mass is 16.2. The lowest BCUT2D eigenvalue weighted by Gasteiger charge is -2.08. The average molecular weight is 274 g/mol. The van der Waals surface area contributed by atoms with Crippen LogP contribution >= 0.6 is 0 Å². The number of fused-ring (bicyclic) bond motifs is 1. The van der Waals surface area contributed by atoms with Gasteiger partial charge in [0.1, 0.15) is 12.4 Å². The Bertz CT molecular complexity index is 633. The normalized spacial score (nSPS) is 10.5. The van der Waals surface area contributed by atoms with Crippen molar-refractivity contribution in [2.24, 2.45) is 0 Å². The number of hydrogen-bond acceptors (Lipinski definition) is 3. The van der Waals surface area contributed by atoms with Crippen molar-refractivity contribution in [1.82, 2.24) is 20.2 Å². The molecule has 2 amide bonds. The van der Waals surface area contributed by atoms with E-state index in [1.165, 1.54) is 6.92 Å². The summed E-state index contributed by atoms with van der Waals surface area (Å²) < 4.78 is 1.88. The fourth-order valence-electron chi connectivity index (χ4n) is 2.04. The summed E-state index contributed by atoms with van der Waals surface area (Å²) in [5, 5.41) is 5.39. The highest BCUT2D eigenvalue weighted by Gasteiger charge is 2.10. The molecule has 0 atom stereocenters. The summed E-state index contributed by atoms with van der Waals surface area (Å²) in [4.78, 5) is 27.0. The second-order valence-electron chi connectivity index (χ2n) is 4.57. The van der Waals surface area contributed by atoms with Crippen molar-refractivity contribution in [3.8, 4) is 0 Å². The predicted octanol–water partition coefficient (Wildman–Crippen LogP) is 0.597. The number of rotatable bonds is 5. The fourth-order valence-corrected chi connectivity index (χ4v) is 2.04. The molecule has 0 saturated heterocycles. The van der Waals surface area contributed by atoms with Gasteiger partial charge in [-0.3, -0.25) is 9.59 Å². The molecular weight excluding hydrogens is 256 g/mol. The molecule has 0 aliphatic heterocycles. The Morgan fingerprint density at radius 3 is 2.65 bits per heavy atom. The Hall–Kier alpha value is -2.37. The molecule has 20 heavy (non-hydrogen) atoms. The number of para-hydroxylation sites is 2. The van der Waals surface area contributed by atoms with Gasteiger partial charge in [-0.15, -0.1) is 0 Å². The first-order valence-electron chi connectivity index (χ1n) is 6.51. The minimum Gasteiger partial charge on any atom is -0.355 e. The molecule has 1 aromatic heterocycles. The van der Waals surface area contributed by atoms with E-state index in [0.29, 0.717) is 13.1 Å². The molecule has 0 radical (unpaired) electrons. The molecule has 0 unspecified atom stereocenters. The number of amides is 2. The average Bonchev–Trinajstić information content (AvgIpc) is 2.71. The minimum absolute atomic E-state index is 0.0957. The first-order chi connectivity index (χ1) is 9.58. The van der Waals surface area contributed by atoms with E-state index < -0.39 is 0 Å². The van der Waals surface area contributed by atoms with Gasteiger partial charge in [-0.25, -0.2) is 4.98 Å². The van der Waals surface area contributed by atoms with Crippen LogP contribution in [0.3, 0.4) is 0 Å². The molecule has 2 rings (SSSR count). The van der Waals surface area contributed by atoms with Crippen molar-refractivity contribution in [2.75, 3.05) is 13.1 Å². The molecule has 0 bridgehead atoms. The summed E-state index contributed by atoms with van der Waals surface area (Å²) in [6, 6.07) is 7.72. The number of hydrogen-bond donors (Lipinski definition) is 2. The molecule has 6 nitrogen and oxygen atoms in total. The van der Waals surface area contributed by atoms with E-state index in [1.54, 1.807) is 0 Å². The molecule has 0 spiro atoms. The highest BCUT2D eigenvalue weighted by Crippen LogP contribution is 2.14. The van der Waals surface area contributed by atoms with Gasteiger partial charge in [0.15, 0.2) is 0 Å². The monoisotopic (exact) mass is 274 g/mol. The second-order valence-corrected chi connectivity index (χ2v) is 4.57. The maximum Gasteiger partial charge on any atom is 0.240 e. The zero-order chi connectivity index (χ0) is 14.5. The molecule has 0 aliphatic rings. The van der Waals surface area contributed by atoms with E-state index in [9.17, 15) is 9.59 Å². The molecule has 0 saturated carbocycles. The van der Waals surface area contributed by atoms with Crippen LogP contribution in [0.2, 0.25) is 0 Å². The highest BCUT2D eigenvalue weighted by molar-refractivity contribution is 5.81. The van der Waals surface area contributed by atoms with E-state index in [0.717, 1.165) is 16.9 Å². The molecular formula is C14H18N4O2. The smallest absolute Gasteiger partial charge is 0.240 e. The Balaban J connectivity index is 1.96. The van der Waals surface area contributed by atoms with Gasteiger partial charge in [-0.1, -0.05) is 12.1 Å². The van der Waals surface area contributed by atoms with Gasteiger partial charge in [0, 0.05) is 20.0 Å². The number of aryl methyl sites for hydroxylation is 1. The van der Waals surface area contributed by atoms with E-state index in [2.05, 4.69) is 15.6 Å². The molecule has 2 N–H and O–H groups in total. The topological polar surface area (TPSA) is 76.0 Å². The van der Waals surface area contributed by atoms with E-state index >= 15 is 0 Å². The molecule has 6 heteroatoms. The summed E-state index contributed by atoms with van der Waals surface area (Å²) in [7, 11) is 0. The molecule has 1 aromatic carbocycles. The quantitative estimate of drug-likeness (QED) is 0.784. The van der Waals surface area contributed by atoms with Gasteiger partial charge in [0.05, 0.1) is 11.0 Å². The zero-order valence-electron chi connectivity index (χ0n) is 11.6. The lowest BCUT2D eigenvalue weighted by Crippen LogP contribution is -2.35. The van der Waals surface area contributed by atoms with Gasteiger partial charge in [0.2, 0.25) is 11.8 Å². The summed E-state index contributed by atoms with van der Waals surface area (Å²) >= 11 is 0. The van der Waals surface area contributed by atoms with Crippen LogP contribution in [0.1, 0.15) is 12.7 Å². The van der Waals surface area contributed by atoms with Crippen LogP contribution in [0.15, 0.2) is 24.3 Å². The van der Waals surface area contributed by atoms with Gasteiger partial charge >= 0.3 is 0 Å². The minimum atomic E-state index is -0.101. The Labute approximate surface area is 117 Å². The summed E-state index contributed by atoms with van der Waals surface area (Å²) in [5.74, 6) is 0.612. The third-order valence-corrected chi connectivity index (χ3v) is 2.97. The summed E-state index contributed by atoms with van der Waals surface area (Å²) in [6.45, 7) is 4.41. The van der Waals surface area contributed by atoms with Gasteiger partial charge in [-0.05, 0) is 19.1 Å². The number of carbonyl (C=O) groups is 2. The summed E-state index contributed by atoms with van der Waals surface area (Å²) in [6.07, 6.45) is 0. The van der Waals surface area contributed by atoms with Crippen molar-refractivity contribution in [3.63, 3.8) is 0 Å². The molecule has 2 aromatic rings. The molecule has 0 fully saturated rings. The number of benzene rings is 1. The van der Waals surface area contributed by atoms with E-state index in [-0.39, 0.29) is 18.4 Å². The number of imidazole rings is 1. The third kappa shape index (κ3) is 3.34. The first-order valence-corrected chi connectivity index (χ1v) is 6.51. The maximum atomic E-state index is 11.9. The standard InChI is InChI=1S/C14H18N4O2/c1-10-17-12-5-3-4-6-13(12)18(10)9-14(20)16-8-7-15-11(2)19/h3-6H,7-9H2,1-2H3,(H,15,19)(H,16,20). The number of aromatic nitrogens is 2. The van der Waals surface area contributed by atoms with Crippen LogP contribution in [0.25, 0.3) is 11.0 Å². The largest absolute Gasteiger partial charge is 0.355 e. The maximum absolute atomic E-state index is 11.9. The second kappa shape index (κ2) is 6.18. The van der Waals surface area contributed by atoms with Crippen LogP contribution < -0.4 is 10.6 Å². The summed E-state index contributed by atoms with van der Waals surface area (Å²) in [5.41, 5.74) is 1.83. The van der Waals surface area contributed by atoms with Crippen molar-refractivity contribution in [1.29, 1.82) is 0 Å². The third-order valence-electron chi connectivity index (χ3n) is 2.97. The van der Waals surface area contributed by atoms with Crippen LogP contribution in [-0.4, -0.2) is 34.5 Å². The van der Waals surface area contributed by atoms with Crippen LogP contribution in [0, 0.1) is 6.92 Å². The van der Waals surface area contributed by atoms with Crippen molar-refractivity contribution in [2.45, 2.75) is 20.4 Å². The molecule has 1 heterocycles. The van der Waals surface area contributed by atoms with Crippen LogP contribution in [-0.2, 0) is 16.1 Å². The molecule has 0 aliphatic carbocycles. The Morgan fingerprint density at radius 2 is 1.90 bits per heavy atom. The van der Waals surface area contributed by atoms with Crippen LogP contribution in [0.5, 0.6) is 0 Å². The van der Waals surface area contributed by atoms with Crippen LogP contribution in [0.4, 0.5) is 0 Å². The van der Waals surface area contributed by atoms with E-state index in [1.807, 2.05) is 35.8 Å². The predicted molar refractivity (Wildman–Crippen MR) is 76.2 cm³/mol. The Kier molecular flexibility index (Phi) is 4.34. The van der Waals surface area contributed by atoms with Crippen molar-refractivity contribution in [3.05, 3.63) is 30.1 Å². The van der Waals surface area contributed by atoms with Gasteiger partial charge in [-0.2, -0.15) is 0 Å². The molecule has 106 valence electrons.